The highest BCUT2D eigenvalue weighted by molar-refractivity contribution is 8.00. The van der Waals surface area contributed by atoms with Crippen LogP contribution in [0.2, 0.25) is 10.0 Å². The molecule has 3 nitrogen and oxygen atoms in total. The zero-order valence-electron chi connectivity index (χ0n) is 12.3. The van der Waals surface area contributed by atoms with Crippen LogP contribution in [0.1, 0.15) is 23.3 Å². The van der Waals surface area contributed by atoms with Crippen molar-refractivity contribution in [3.63, 3.8) is 0 Å². The second-order valence-corrected chi connectivity index (χ2v) is 7.10. The molecule has 1 atom stereocenters. The third-order valence-corrected chi connectivity index (χ3v) is 5.47. The fourth-order valence-corrected chi connectivity index (χ4v) is 4.35. The van der Waals surface area contributed by atoms with Gasteiger partial charge in [-0.2, -0.15) is 0 Å². The molecule has 0 N–H and O–H groups in total. The molecule has 1 unspecified atom stereocenters. The molecule has 6 heteroatoms. The van der Waals surface area contributed by atoms with Crippen LogP contribution in [-0.2, 0) is 9.59 Å². The molecular formula is C17H13Cl2NO2S. The van der Waals surface area contributed by atoms with Crippen LogP contribution in [0.3, 0.4) is 0 Å². The summed E-state index contributed by atoms with van der Waals surface area (Å²) in [5.41, 5.74) is 2.29. The maximum Gasteiger partial charge on any atom is 0.243 e. The predicted molar refractivity (Wildman–Crippen MR) is 95.4 cm³/mol. The monoisotopic (exact) mass is 365 g/mol. The summed E-state index contributed by atoms with van der Waals surface area (Å²) in [5.74, 6) is -0.346. The summed E-state index contributed by atoms with van der Waals surface area (Å²) in [4.78, 5) is 25.6. The average Bonchev–Trinajstić information content (AvgIpc) is 2.64. The molecule has 1 heterocycles. The van der Waals surface area contributed by atoms with E-state index < -0.39 is 0 Å². The summed E-state index contributed by atoms with van der Waals surface area (Å²) in [6.45, 7) is 1.39. The van der Waals surface area contributed by atoms with Crippen molar-refractivity contribution in [2.75, 3.05) is 10.7 Å². The standard InChI is InChI=1S/C17H13Cl2NO2S/c1-10(21)20-15-7-6-11(18)8-13(15)17(23-9-16(20)22)12-4-2-3-5-14(12)19/h2-8,17H,9H2,1H3. The molecule has 2 aromatic carbocycles. The highest BCUT2D eigenvalue weighted by Crippen LogP contribution is 2.46. The summed E-state index contributed by atoms with van der Waals surface area (Å²) >= 11 is 13.9. The minimum Gasteiger partial charge on any atom is -0.274 e. The maximum atomic E-state index is 12.4. The van der Waals surface area contributed by atoms with Crippen LogP contribution >= 0.6 is 35.0 Å². The number of fused-ring (bicyclic) bond motifs is 1. The molecule has 2 amide bonds. The normalized spacial score (nSPS) is 17.6. The number of hydrogen-bond acceptors (Lipinski definition) is 3. The summed E-state index contributed by atoms with van der Waals surface area (Å²) in [6, 6.07) is 12.7. The number of hydrogen-bond donors (Lipinski definition) is 0. The van der Waals surface area contributed by atoms with E-state index in [9.17, 15) is 9.59 Å². The Morgan fingerprint density at radius 3 is 2.61 bits per heavy atom. The quantitative estimate of drug-likeness (QED) is 0.734. The molecule has 0 fully saturated rings. The second-order valence-electron chi connectivity index (χ2n) is 5.16. The van der Waals surface area contributed by atoms with Crippen molar-refractivity contribution in [3.05, 3.63) is 63.6 Å². The molecule has 1 aliphatic rings. The van der Waals surface area contributed by atoms with Crippen molar-refractivity contribution in [1.82, 2.24) is 0 Å². The van der Waals surface area contributed by atoms with Crippen LogP contribution < -0.4 is 4.90 Å². The number of halogens is 2. The predicted octanol–water partition coefficient (Wildman–Crippen LogP) is 4.71. The second kappa shape index (κ2) is 6.56. The first kappa shape index (κ1) is 16.4. The van der Waals surface area contributed by atoms with Crippen LogP contribution in [0.4, 0.5) is 5.69 Å². The number of benzene rings is 2. The lowest BCUT2D eigenvalue weighted by molar-refractivity contribution is -0.124. The van der Waals surface area contributed by atoms with Crippen molar-refractivity contribution in [3.8, 4) is 0 Å². The number of anilines is 1. The number of nitrogens with zero attached hydrogens (tertiary/aromatic N) is 1. The Kier molecular flexibility index (Phi) is 4.67. The zero-order chi connectivity index (χ0) is 16.6. The first-order valence-corrected chi connectivity index (χ1v) is 8.78. The lowest BCUT2D eigenvalue weighted by Crippen LogP contribution is -2.36. The molecule has 23 heavy (non-hydrogen) atoms. The van der Waals surface area contributed by atoms with E-state index >= 15 is 0 Å². The van der Waals surface area contributed by atoms with Crippen molar-refractivity contribution in [2.24, 2.45) is 0 Å². The maximum absolute atomic E-state index is 12.4. The van der Waals surface area contributed by atoms with Crippen LogP contribution in [-0.4, -0.2) is 17.6 Å². The molecule has 0 saturated heterocycles. The third kappa shape index (κ3) is 3.11. The van der Waals surface area contributed by atoms with Gasteiger partial charge in [-0.05, 0) is 35.4 Å². The molecule has 0 aromatic heterocycles. The Hall–Kier alpha value is -1.49. The van der Waals surface area contributed by atoms with Gasteiger partial charge < -0.3 is 0 Å². The number of amides is 2. The van der Waals surface area contributed by atoms with Gasteiger partial charge in [-0.15, -0.1) is 11.8 Å². The third-order valence-electron chi connectivity index (χ3n) is 3.64. The van der Waals surface area contributed by atoms with Gasteiger partial charge in [0.1, 0.15) is 0 Å². The minimum atomic E-state index is -0.306. The van der Waals surface area contributed by atoms with Gasteiger partial charge in [0.25, 0.3) is 0 Å². The van der Waals surface area contributed by atoms with E-state index in [1.54, 1.807) is 18.2 Å². The summed E-state index contributed by atoms with van der Waals surface area (Å²) in [7, 11) is 0. The summed E-state index contributed by atoms with van der Waals surface area (Å²) in [5, 5.41) is 1.02. The van der Waals surface area contributed by atoms with Crippen LogP contribution in [0.15, 0.2) is 42.5 Å². The number of carbonyl (C=O) groups excluding carboxylic acids is 2. The topological polar surface area (TPSA) is 37.4 Å². The Morgan fingerprint density at radius 2 is 1.91 bits per heavy atom. The zero-order valence-corrected chi connectivity index (χ0v) is 14.6. The van der Waals surface area contributed by atoms with E-state index in [2.05, 4.69) is 0 Å². The van der Waals surface area contributed by atoms with E-state index in [-0.39, 0.29) is 22.8 Å². The smallest absolute Gasteiger partial charge is 0.243 e. The number of carbonyl (C=O) groups is 2. The Labute approximate surface area is 148 Å². The Bertz CT molecular complexity index is 794. The molecule has 0 bridgehead atoms. The van der Waals surface area contributed by atoms with E-state index in [0.717, 1.165) is 11.1 Å². The average molecular weight is 366 g/mol. The fourth-order valence-electron chi connectivity index (χ4n) is 2.67. The Balaban J connectivity index is 2.22. The van der Waals surface area contributed by atoms with Crippen LogP contribution in [0, 0.1) is 0 Å². The summed E-state index contributed by atoms with van der Waals surface area (Å²) in [6.07, 6.45) is 0. The number of rotatable bonds is 1. The fraction of sp³-hybridized carbons (Fsp3) is 0.176. The molecule has 118 valence electrons. The SMILES string of the molecule is CC(=O)N1C(=O)CSC(c2ccccc2Cl)c2cc(Cl)ccc21. The van der Waals surface area contributed by atoms with Crippen molar-refractivity contribution in [1.29, 1.82) is 0 Å². The van der Waals surface area contributed by atoms with Gasteiger partial charge in [0.2, 0.25) is 11.8 Å². The molecule has 0 radical (unpaired) electrons. The van der Waals surface area contributed by atoms with Gasteiger partial charge in [-0.3, -0.25) is 9.59 Å². The van der Waals surface area contributed by atoms with Crippen molar-refractivity contribution < 1.29 is 9.59 Å². The largest absolute Gasteiger partial charge is 0.274 e. The molecule has 1 aliphatic heterocycles. The van der Waals surface area contributed by atoms with Gasteiger partial charge in [-0.1, -0.05) is 41.4 Å². The number of imide groups is 1. The highest BCUT2D eigenvalue weighted by atomic mass is 35.5. The van der Waals surface area contributed by atoms with Gasteiger partial charge >= 0.3 is 0 Å². The molecular weight excluding hydrogens is 353 g/mol. The Morgan fingerprint density at radius 1 is 1.17 bits per heavy atom. The van der Waals surface area contributed by atoms with Gasteiger partial charge in [0.05, 0.1) is 16.7 Å². The molecule has 0 saturated carbocycles. The first-order valence-electron chi connectivity index (χ1n) is 6.98. The van der Waals surface area contributed by atoms with E-state index in [0.29, 0.717) is 15.7 Å². The minimum absolute atomic E-state index is 0.161. The first-order chi connectivity index (χ1) is 11.0. The van der Waals surface area contributed by atoms with Gasteiger partial charge in [-0.25, -0.2) is 4.90 Å². The number of thioether (sulfide) groups is 1. The van der Waals surface area contributed by atoms with Crippen molar-refractivity contribution in [2.45, 2.75) is 12.2 Å². The molecule has 0 aliphatic carbocycles. The van der Waals surface area contributed by atoms with Gasteiger partial charge in [0.15, 0.2) is 0 Å². The van der Waals surface area contributed by atoms with Crippen molar-refractivity contribution >= 4 is 52.5 Å². The summed E-state index contributed by atoms with van der Waals surface area (Å²) < 4.78 is 0. The van der Waals surface area contributed by atoms with E-state index in [1.807, 2.05) is 24.3 Å². The lowest BCUT2D eigenvalue weighted by atomic mass is 10.0. The highest BCUT2D eigenvalue weighted by Gasteiger charge is 2.32. The van der Waals surface area contributed by atoms with Gasteiger partial charge in [0, 0.05) is 17.0 Å². The molecule has 3 rings (SSSR count). The van der Waals surface area contributed by atoms with Crippen LogP contribution in [0.5, 0.6) is 0 Å². The van der Waals surface area contributed by atoms with Crippen LogP contribution in [0.25, 0.3) is 0 Å². The van der Waals surface area contributed by atoms with E-state index in [1.165, 1.54) is 23.6 Å². The lowest BCUT2D eigenvalue weighted by Gasteiger charge is -2.22. The molecule has 2 aromatic rings. The molecule has 0 spiro atoms. The van der Waals surface area contributed by atoms with E-state index in [4.69, 9.17) is 23.2 Å².